The molecule has 0 saturated carbocycles. The smallest absolute Gasteiger partial charge is 0.203 e. The van der Waals surface area contributed by atoms with Crippen molar-refractivity contribution >= 4 is 27.8 Å². The Bertz CT molecular complexity index is 722. The van der Waals surface area contributed by atoms with Gasteiger partial charge in [0, 0.05) is 10.9 Å². The van der Waals surface area contributed by atoms with Gasteiger partial charge in [0.15, 0.2) is 5.01 Å². The summed E-state index contributed by atoms with van der Waals surface area (Å²) in [7, 11) is 0. The quantitative estimate of drug-likeness (QED) is 0.800. The van der Waals surface area contributed by atoms with Crippen LogP contribution in [0.1, 0.15) is 6.92 Å². The zero-order valence-corrected chi connectivity index (χ0v) is 12.4. The lowest BCUT2D eigenvalue weighted by atomic mass is 10.2. The zero-order valence-electron chi connectivity index (χ0n) is 10.7. The first-order chi connectivity index (χ1) is 9.76. The summed E-state index contributed by atoms with van der Waals surface area (Å²) in [5, 5.41) is 11.9. The van der Waals surface area contributed by atoms with Crippen LogP contribution in [0, 0.1) is 0 Å². The van der Waals surface area contributed by atoms with E-state index >= 15 is 0 Å². The van der Waals surface area contributed by atoms with E-state index < -0.39 is 0 Å². The van der Waals surface area contributed by atoms with Gasteiger partial charge in [-0.25, -0.2) is 4.98 Å². The van der Waals surface area contributed by atoms with Crippen molar-refractivity contribution in [1.82, 2.24) is 15.2 Å². The summed E-state index contributed by atoms with van der Waals surface area (Å²) >= 11 is 2.90. The third-order valence-corrected chi connectivity index (χ3v) is 4.22. The van der Waals surface area contributed by atoms with E-state index in [1.807, 2.05) is 36.6 Å². The van der Waals surface area contributed by atoms with Crippen LogP contribution in [0.25, 0.3) is 21.3 Å². The van der Waals surface area contributed by atoms with Crippen LogP contribution in [-0.2, 0) is 0 Å². The second-order valence-corrected chi connectivity index (χ2v) is 5.81. The van der Waals surface area contributed by atoms with Crippen molar-refractivity contribution in [3.05, 3.63) is 29.6 Å². The zero-order chi connectivity index (χ0) is 13.9. The maximum absolute atomic E-state index is 5.59. The molecular weight excluding hydrogens is 292 g/mol. The fourth-order valence-corrected chi connectivity index (χ4v) is 3.18. The molecule has 7 heteroatoms. The van der Waals surface area contributed by atoms with E-state index in [0.717, 1.165) is 27.0 Å². The molecule has 2 aromatic heterocycles. The summed E-state index contributed by atoms with van der Waals surface area (Å²) < 4.78 is 5.50. The Balaban J connectivity index is 1.91. The van der Waals surface area contributed by atoms with Crippen molar-refractivity contribution in [2.75, 3.05) is 12.3 Å². The SMILES string of the molecule is CCOc1cccc(-c2nc(-c3nnc(N)s3)cs2)c1. The van der Waals surface area contributed by atoms with Crippen molar-refractivity contribution in [2.45, 2.75) is 6.92 Å². The Hall–Kier alpha value is -1.99. The molecule has 0 amide bonds. The molecule has 3 rings (SSSR count). The standard InChI is InChI=1S/C13H12N4OS2/c1-2-18-9-5-3-4-8(6-9)11-15-10(7-19-11)12-16-17-13(14)20-12/h3-7H,2H2,1H3,(H2,14,17). The average Bonchev–Trinajstić information content (AvgIpc) is 3.08. The number of nitrogen functional groups attached to an aromatic ring is 1. The molecule has 1 aromatic carbocycles. The number of hydrogen-bond acceptors (Lipinski definition) is 7. The number of thiazole rings is 1. The predicted molar refractivity (Wildman–Crippen MR) is 82.0 cm³/mol. The third-order valence-electron chi connectivity index (χ3n) is 2.56. The van der Waals surface area contributed by atoms with E-state index in [1.165, 1.54) is 11.3 Å². The average molecular weight is 304 g/mol. The number of hydrogen-bond donors (Lipinski definition) is 1. The molecule has 0 aliphatic heterocycles. The lowest BCUT2D eigenvalue weighted by molar-refractivity contribution is 0.340. The summed E-state index contributed by atoms with van der Waals surface area (Å²) in [6, 6.07) is 7.90. The highest BCUT2D eigenvalue weighted by Gasteiger charge is 2.11. The van der Waals surface area contributed by atoms with Gasteiger partial charge < -0.3 is 10.5 Å². The molecule has 0 aliphatic carbocycles. The van der Waals surface area contributed by atoms with Crippen LogP contribution in [0.3, 0.4) is 0 Å². The second-order valence-electron chi connectivity index (χ2n) is 3.94. The highest BCUT2D eigenvalue weighted by molar-refractivity contribution is 7.19. The second kappa shape index (κ2) is 5.56. The highest BCUT2D eigenvalue weighted by Crippen LogP contribution is 2.32. The molecule has 0 radical (unpaired) electrons. The van der Waals surface area contributed by atoms with Crippen molar-refractivity contribution in [2.24, 2.45) is 0 Å². The number of anilines is 1. The van der Waals surface area contributed by atoms with Crippen LogP contribution in [0.15, 0.2) is 29.6 Å². The van der Waals surface area contributed by atoms with Gasteiger partial charge in [-0.15, -0.1) is 21.5 Å². The van der Waals surface area contributed by atoms with E-state index in [0.29, 0.717) is 11.7 Å². The van der Waals surface area contributed by atoms with Gasteiger partial charge in [0.2, 0.25) is 5.13 Å². The van der Waals surface area contributed by atoms with Gasteiger partial charge in [0.1, 0.15) is 16.5 Å². The normalized spacial score (nSPS) is 10.7. The molecule has 102 valence electrons. The minimum absolute atomic E-state index is 0.452. The number of aromatic nitrogens is 3. The minimum Gasteiger partial charge on any atom is -0.494 e. The number of benzene rings is 1. The van der Waals surface area contributed by atoms with E-state index in [2.05, 4.69) is 15.2 Å². The topological polar surface area (TPSA) is 73.9 Å². The van der Waals surface area contributed by atoms with E-state index in [-0.39, 0.29) is 0 Å². The summed E-state index contributed by atoms with van der Waals surface area (Å²) in [6.45, 7) is 2.62. The van der Waals surface area contributed by atoms with Gasteiger partial charge in [0.25, 0.3) is 0 Å². The fraction of sp³-hybridized carbons (Fsp3) is 0.154. The molecule has 0 saturated heterocycles. The van der Waals surface area contributed by atoms with Gasteiger partial charge in [-0.3, -0.25) is 0 Å². The lowest BCUT2D eigenvalue weighted by Crippen LogP contribution is -1.91. The summed E-state index contributed by atoms with van der Waals surface area (Å²) in [5.41, 5.74) is 7.43. The van der Waals surface area contributed by atoms with Crippen molar-refractivity contribution in [3.8, 4) is 27.0 Å². The number of nitrogens with two attached hydrogens (primary N) is 1. The molecule has 0 fully saturated rings. The first-order valence-electron chi connectivity index (χ1n) is 6.04. The first-order valence-corrected chi connectivity index (χ1v) is 7.74. The Labute approximate surface area is 124 Å². The van der Waals surface area contributed by atoms with Gasteiger partial charge in [-0.05, 0) is 19.1 Å². The first kappa shape index (κ1) is 13.0. The molecule has 5 nitrogen and oxygen atoms in total. The Morgan fingerprint density at radius 1 is 1.25 bits per heavy atom. The Morgan fingerprint density at radius 2 is 2.15 bits per heavy atom. The molecule has 20 heavy (non-hydrogen) atoms. The number of rotatable bonds is 4. The van der Waals surface area contributed by atoms with Crippen LogP contribution >= 0.6 is 22.7 Å². The molecule has 0 unspecified atom stereocenters. The van der Waals surface area contributed by atoms with Crippen molar-refractivity contribution in [1.29, 1.82) is 0 Å². The molecule has 0 spiro atoms. The highest BCUT2D eigenvalue weighted by atomic mass is 32.1. The molecule has 2 N–H and O–H groups in total. The largest absolute Gasteiger partial charge is 0.494 e. The number of nitrogens with zero attached hydrogens (tertiary/aromatic N) is 3. The Morgan fingerprint density at radius 3 is 2.90 bits per heavy atom. The maximum atomic E-state index is 5.59. The lowest BCUT2D eigenvalue weighted by Gasteiger charge is -2.03. The molecular formula is C13H12N4OS2. The fourth-order valence-electron chi connectivity index (χ4n) is 1.73. The minimum atomic E-state index is 0.452. The third kappa shape index (κ3) is 2.63. The van der Waals surface area contributed by atoms with Gasteiger partial charge in [-0.1, -0.05) is 23.5 Å². The molecule has 2 heterocycles. The van der Waals surface area contributed by atoms with Gasteiger partial charge >= 0.3 is 0 Å². The number of ether oxygens (including phenoxy) is 1. The monoisotopic (exact) mass is 304 g/mol. The molecule has 3 aromatic rings. The predicted octanol–water partition coefficient (Wildman–Crippen LogP) is 3.31. The van der Waals surface area contributed by atoms with Crippen molar-refractivity contribution in [3.63, 3.8) is 0 Å². The van der Waals surface area contributed by atoms with Crippen molar-refractivity contribution < 1.29 is 4.74 Å². The van der Waals surface area contributed by atoms with E-state index in [1.54, 1.807) is 11.3 Å². The molecule has 0 bridgehead atoms. The van der Waals surface area contributed by atoms with Crippen LogP contribution < -0.4 is 10.5 Å². The van der Waals surface area contributed by atoms with Crippen LogP contribution in [0.5, 0.6) is 5.75 Å². The van der Waals surface area contributed by atoms with E-state index in [4.69, 9.17) is 10.5 Å². The molecule has 0 aliphatic rings. The summed E-state index contributed by atoms with van der Waals surface area (Å²) in [5.74, 6) is 0.849. The van der Waals surface area contributed by atoms with Gasteiger partial charge in [-0.2, -0.15) is 0 Å². The summed E-state index contributed by atoms with van der Waals surface area (Å²) in [6.07, 6.45) is 0. The van der Waals surface area contributed by atoms with E-state index in [9.17, 15) is 0 Å². The van der Waals surface area contributed by atoms with Crippen LogP contribution in [0.4, 0.5) is 5.13 Å². The van der Waals surface area contributed by atoms with Crippen LogP contribution in [-0.4, -0.2) is 21.8 Å². The van der Waals surface area contributed by atoms with Gasteiger partial charge in [0.05, 0.1) is 6.61 Å². The van der Waals surface area contributed by atoms with Crippen LogP contribution in [0.2, 0.25) is 0 Å². The molecule has 0 atom stereocenters. The Kier molecular flexibility index (Phi) is 3.62. The summed E-state index contributed by atoms with van der Waals surface area (Å²) in [4.78, 5) is 4.58. The maximum Gasteiger partial charge on any atom is 0.203 e.